The van der Waals surface area contributed by atoms with Crippen LogP contribution in [0.15, 0.2) is 107 Å². The van der Waals surface area contributed by atoms with Gasteiger partial charge in [0.25, 0.3) is 0 Å². The quantitative estimate of drug-likeness (QED) is 0.0938. The average molecular weight is 767 g/mol. The number of hydrogen-bond donors (Lipinski definition) is 0. The van der Waals surface area contributed by atoms with Crippen LogP contribution in [0.1, 0.15) is 65.7 Å². The first-order chi connectivity index (χ1) is 31.8. The third-order valence-corrected chi connectivity index (χ3v) is 9.08. The molecule has 2 heterocycles. The molecule has 1 unspecified atom stereocenters. The van der Waals surface area contributed by atoms with Crippen LogP contribution in [-0.2, 0) is 28.0 Å². The van der Waals surface area contributed by atoms with Gasteiger partial charge in [-0.2, -0.15) is 13.2 Å². The Bertz CT molecular complexity index is 2840. The number of ether oxygens (including phenoxy) is 1. The first-order valence-electron chi connectivity index (χ1n) is 24.1. The molecule has 1 saturated heterocycles. The molecule has 6 nitrogen and oxygen atoms in total. The van der Waals surface area contributed by atoms with E-state index >= 15 is 4.79 Å². The normalized spacial score (nSPS) is 25.3. The van der Waals surface area contributed by atoms with Gasteiger partial charge >= 0.3 is 6.18 Å². The molecule has 1 atom stereocenters. The van der Waals surface area contributed by atoms with Gasteiger partial charge in [0.2, 0.25) is 5.91 Å². The van der Waals surface area contributed by atoms with Crippen LogP contribution in [0.5, 0.6) is 0 Å². The average Bonchev–Trinajstić information content (AvgIpc) is 3.24. The number of pyridine rings is 1. The maximum atomic E-state index is 15.7. The standard InChI is InChI=1S/C41H40F5N3O3S/c1-27(28-10-12-29(13-11-28)30-14-16-32(17-15-30)41(44,45)46)49(33-18-20-47(21-19-33)22-23-52-2)38(51)25-48-36-9-4-3-7-34(36)37(50)24-39(48)53-26-31-6-5-8-35(42)40(31)43/h3-17,24,27,33H,18-23,25-26H2,1-2H3/i2D3,18D2,19D2,20D2,21D2,23D2,25D2,27D,33D. The fraction of sp³-hybridized carbons (Fsp3) is 0.317. The zero-order chi connectivity index (χ0) is 52.8. The number of alkyl halides is 3. The smallest absolute Gasteiger partial charge is 0.383 e. The summed E-state index contributed by atoms with van der Waals surface area (Å²) in [5, 5.41) is -0.791. The number of thioether (sulfide) groups is 1. The van der Waals surface area contributed by atoms with Crippen molar-refractivity contribution in [3.8, 4) is 11.1 Å². The number of hydrogen-bond acceptors (Lipinski definition) is 5. The molecular formula is C41H40F5N3O3S. The van der Waals surface area contributed by atoms with Crippen molar-refractivity contribution in [1.82, 2.24) is 14.4 Å². The number of fused-ring (bicyclic) bond motifs is 1. The second kappa shape index (κ2) is 16.7. The number of likely N-dealkylation sites (tertiary alicyclic amines) is 1. The lowest BCUT2D eigenvalue weighted by Gasteiger charge is -2.42. The van der Waals surface area contributed by atoms with E-state index in [9.17, 15) is 37.7 Å². The molecule has 1 aliphatic rings. The van der Waals surface area contributed by atoms with Crippen LogP contribution in [0.4, 0.5) is 22.0 Å². The zero-order valence-corrected chi connectivity index (χ0v) is 28.3. The lowest BCUT2D eigenvalue weighted by Crippen LogP contribution is -2.49. The van der Waals surface area contributed by atoms with Crippen molar-refractivity contribution in [3.05, 3.63) is 136 Å². The van der Waals surface area contributed by atoms with Crippen LogP contribution < -0.4 is 5.43 Å². The molecule has 4 aromatic carbocycles. The number of nitrogens with zero attached hydrogens (tertiary/aromatic N) is 3. The Labute approximate surface area is 333 Å². The van der Waals surface area contributed by atoms with Gasteiger partial charge in [-0.05, 0) is 66.7 Å². The monoisotopic (exact) mass is 766 g/mol. The van der Waals surface area contributed by atoms with E-state index in [0.29, 0.717) is 16.3 Å². The highest BCUT2D eigenvalue weighted by Crippen LogP contribution is 2.34. The third kappa shape index (κ3) is 8.83. The van der Waals surface area contributed by atoms with Crippen molar-refractivity contribution < 1.29 is 54.8 Å². The van der Waals surface area contributed by atoms with Gasteiger partial charge in [-0.1, -0.05) is 60.7 Å². The predicted octanol–water partition coefficient (Wildman–Crippen LogP) is 8.96. The predicted molar refractivity (Wildman–Crippen MR) is 198 cm³/mol. The molecule has 1 aliphatic heterocycles. The second-order valence-corrected chi connectivity index (χ2v) is 12.3. The zero-order valence-electron chi connectivity index (χ0n) is 44.5. The van der Waals surface area contributed by atoms with E-state index in [0.717, 1.165) is 73.7 Å². The van der Waals surface area contributed by atoms with Gasteiger partial charge in [0.1, 0.15) is 6.50 Å². The number of carbonyl (C=O) groups is 1. The molecule has 1 fully saturated rings. The highest BCUT2D eigenvalue weighted by Gasteiger charge is 2.33. The lowest BCUT2D eigenvalue weighted by atomic mass is 9.96. The number of benzene rings is 4. The Morgan fingerprint density at radius 2 is 1.72 bits per heavy atom. The first kappa shape index (κ1) is 22.0. The van der Waals surface area contributed by atoms with Crippen molar-refractivity contribution in [2.75, 3.05) is 33.1 Å². The van der Waals surface area contributed by atoms with E-state index in [1.807, 2.05) is 0 Å². The van der Waals surface area contributed by atoms with Gasteiger partial charge < -0.3 is 19.1 Å². The van der Waals surface area contributed by atoms with Gasteiger partial charge in [0.15, 0.2) is 17.1 Å². The molecule has 6 rings (SSSR count). The summed E-state index contributed by atoms with van der Waals surface area (Å²) in [5.41, 5.74) is -2.71. The molecule has 1 aromatic heterocycles. The van der Waals surface area contributed by atoms with Crippen LogP contribution in [0, 0.1) is 11.6 Å². The van der Waals surface area contributed by atoms with Gasteiger partial charge in [-0.3, -0.25) is 9.59 Å². The summed E-state index contributed by atoms with van der Waals surface area (Å²) in [7, 11) is -3.57. The number of amides is 1. The topological polar surface area (TPSA) is 54.8 Å². The van der Waals surface area contributed by atoms with Crippen molar-refractivity contribution in [1.29, 1.82) is 0 Å². The van der Waals surface area contributed by atoms with Crippen molar-refractivity contribution in [3.63, 3.8) is 0 Å². The summed E-state index contributed by atoms with van der Waals surface area (Å²) >= 11 is 0.484. The number of aromatic nitrogens is 1. The summed E-state index contributed by atoms with van der Waals surface area (Å²) < 4.78 is 225. The van der Waals surface area contributed by atoms with E-state index in [2.05, 4.69) is 4.74 Å². The first-order valence-corrected chi connectivity index (χ1v) is 16.6. The SMILES string of the molecule is [2H]C([2H])([2H])OC([2H])([2H])CN1C([2H])([2H])C([2H])([2H])C([2H])(N(C(=O)C([2H])([2H])n2c(SCc3cccc(F)c3F)cc(=O)c3ccccc32)C([2H])(C)c2ccc(-c3ccc(C(F)(F)F)cc3)cc2)C([2H])([2H])C1([2H])[2H]. The molecule has 278 valence electrons. The van der Waals surface area contributed by atoms with E-state index in [1.165, 1.54) is 30.3 Å². The molecule has 0 bridgehead atoms. The molecule has 0 N–H and O–H groups in total. The molecular weight excluding hydrogens is 710 g/mol. The minimum Gasteiger partial charge on any atom is -0.383 e. The molecule has 5 aromatic rings. The molecule has 0 aliphatic carbocycles. The van der Waals surface area contributed by atoms with E-state index in [-0.39, 0.29) is 27.0 Å². The van der Waals surface area contributed by atoms with Gasteiger partial charge in [0, 0.05) is 66.3 Å². The second-order valence-electron chi connectivity index (χ2n) is 11.3. The molecule has 0 spiro atoms. The Morgan fingerprint density at radius 1 is 1.04 bits per heavy atom. The molecule has 53 heavy (non-hydrogen) atoms. The van der Waals surface area contributed by atoms with Crippen molar-refractivity contribution in [2.45, 2.75) is 55.2 Å². The van der Waals surface area contributed by atoms with Crippen LogP contribution in [0.2, 0.25) is 0 Å². The maximum absolute atomic E-state index is 15.7. The number of methoxy groups -OCH3 is 1. The highest BCUT2D eigenvalue weighted by molar-refractivity contribution is 7.98. The van der Waals surface area contributed by atoms with E-state index < -0.39 is 126 Å². The number of rotatable bonds is 12. The van der Waals surface area contributed by atoms with Crippen molar-refractivity contribution in [2.24, 2.45) is 0 Å². The lowest BCUT2D eigenvalue weighted by molar-refractivity contribution is -0.138. The summed E-state index contributed by atoms with van der Waals surface area (Å²) in [4.78, 5) is 28.4. The minimum absolute atomic E-state index is 0.165. The fourth-order valence-electron chi connectivity index (χ4n) is 5.32. The number of carbonyl (C=O) groups excluding carboxylic acids is 1. The maximum Gasteiger partial charge on any atom is 0.416 e. The van der Waals surface area contributed by atoms with Crippen molar-refractivity contribution >= 4 is 28.6 Å². The van der Waals surface area contributed by atoms with Crippen LogP contribution in [-0.4, -0.2) is 59.4 Å². The minimum atomic E-state index is -4.70. The fourth-order valence-corrected chi connectivity index (χ4v) is 6.31. The van der Waals surface area contributed by atoms with Gasteiger partial charge in [-0.25, -0.2) is 8.78 Å². The number of para-hydroxylation sites is 1. The highest BCUT2D eigenvalue weighted by atomic mass is 32.2. The molecule has 0 saturated carbocycles. The van der Waals surface area contributed by atoms with Crippen LogP contribution in [0.3, 0.4) is 0 Å². The Kier molecular flexibility index (Phi) is 6.91. The summed E-state index contributed by atoms with van der Waals surface area (Å²) in [6.07, 6.45) is -13.6. The molecule has 1 amide bonds. The largest absolute Gasteiger partial charge is 0.416 e. The molecule has 12 heteroatoms. The third-order valence-electron chi connectivity index (χ3n) is 8.02. The van der Waals surface area contributed by atoms with E-state index in [1.54, 1.807) is 0 Å². The van der Waals surface area contributed by atoms with Crippen LogP contribution in [0.25, 0.3) is 22.0 Å². The van der Waals surface area contributed by atoms with E-state index in [4.69, 9.17) is 12.3 Å². The molecule has 0 radical (unpaired) electrons. The number of halogens is 5. The summed E-state index contributed by atoms with van der Waals surface area (Å²) in [5.74, 6) is -5.39. The summed E-state index contributed by atoms with van der Waals surface area (Å²) in [6, 6.07) is 9.32. The van der Waals surface area contributed by atoms with Gasteiger partial charge in [-0.15, -0.1) is 11.8 Å². The Balaban J connectivity index is 1.62. The van der Waals surface area contributed by atoms with Crippen LogP contribution >= 0.6 is 11.8 Å². The number of piperidine rings is 1. The Morgan fingerprint density at radius 3 is 2.40 bits per heavy atom. The summed E-state index contributed by atoms with van der Waals surface area (Å²) in [6.45, 7) is -17.1. The Hall–Kier alpha value is -4.52. The van der Waals surface area contributed by atoms with Gasteiger partial charge in [0.05, 0.1) is 41.0 Å².